The summed E-state index contributed by atoms with van der Waals surface area (Å²) >= 11 is 0. The van der Waals surface area contributed by atoms with Gasteiger partial charge in [0.15, 0.2) is 0 Å². The number of carbonyl (C=O) groups excluding carboxylic acids is 2. The van der Waals surface area contributed by atoms with E-state index < -0.39 is 47.8 Å². The van der Waals surface area contributed by atoms with E-state index in [9.17, 15) is 18.6 Å². The molecule has 0 aliphatic heterocycles. The Bertz CT molecular complexity index is 344. The smallest absolute Gasteiger partial charge is 0.323 e. The monoisotopic (exact) mass is 279 g/mol. The quantitative estimate of drug-likeness (QED) is 0.513. The minimum Gasteiger partial charge on any atom is -0.480 e. The fraction of sp³-hybridized carbons (Fsp3) is 0.667. The molecule has 8 nitrogen and oxygen atoms in total. The van der Waals surface area contributed by atoms with Gasteiger partial charge >= 0.3 is 12.0 Å². The summed E-state index contributed by atoms with van der Waals surface area (Å²) in [4.78, 5) is 33.7. The van der Waals surface area contributed by atoms with Gasteiger partial charge in [-0.25, -0.2) is 4.79 Å². The summed E-state index contributed by atoms with van der Waals surface area (Å²) in [6.07, 6.45) is 1.49. The van der Waals surface area contributed by atoms with Gasteiger partial charge < -0.3 is 21.1 Å². The van der Waals surface area contributed by atoms with Crippen molar-refractivity contribution in [2.75, 3.05) is 25.1 Å². The number of amides is 3. The van der Waals surface area contributed by atoms with Crippen LogP contribution in [0, 0.1) is 0 Å². The Hall–Kier alpha value is -1.64. The molecule has 104 valence electrons. The van der Waals surface area contributed by atoms with Gasteiger partial charge in [0, 0.05) is 28.9 Å². The van der Waals surface area contributed by atoms with Crippen LogP contribution in [-0.4, -0.2) is 63.3 Å². The molecule has 0 aromatic rings. The first kappa shape index (κ1) is 16.4. The van der Waals surface area contributed by atoms with E-state index in [-0.39, 0.29) is 5.75 Å². The maximum absolute atomic E-state index is 11.7. The minimum absolute atomic E-state index is 0.239. The lowest BCUT2D eigenvalue weighted by Crippen LogP contribution is -2.49. The molecule has 0 aromatic carbocycles. The van der Waals surface area contributed by atoms with Crippen LogP contribution in [0.25, 0.3) is 0 Å². The van der Waals surface area contributed by atoms with Crippen LogP contribution in [0.15, 0.2) is 0 Å². The van der Waals surface area contributed by atoms with Crippen molar-refractivity contribution in [1.82, 2.24) is 10.2 Å². The number of primary amides is 1. The van der Waals surface area contributed by atoms with Crippen LogP contribution in [0.1, 0.15) is 6.92 Å². The van der Waals surface area contributed by atoms with Gasteiger partial charge in [0.1, 0.15) is 13.1 Å². The Morgan fingerprint density at radius 1 is 1.39 bits per heavy atom. The molecular formula is C9H17N3O5S. The fourth-order valence-electron chi connectivity index (χ4n) is 1.25. The first-order valence-corrected chi connectivity index (χ1v) is 6.80. The van der Waals surface area contributed by atoms with Crippen molar-refractivity contribution >= 4 is 28.7 Å². The van der Waals surface area contributed by atoms with Crippen LogP contribution < -0.4 is 11.1 Å². The van der Waals surface area contributed by atoms with Crippen molar-refractivity contribution in [3.05, 3.63) is 0 Å². The fourth-order valence-corrected chi connectivity index (χ4v) is 2.03. The first-order valence-electron chi connectivity index (χ1n) is 5.08. The molecule has 0 spiro atoms. The van der Waals surface area contributed by atoms with Gasteiger partial charge in [0.2, 0.25) is 5.91 Å². The molecule has 4 N–H and O–H groups in total. The molecule has 0 saturated carbocycles. The van der Waals surface area contributed by atoms with E-state index in [2.05, 4.69) is 5.32 Å². The predicted molar refractivity (Wildman–Crippen MR) is 65.3 cm³/mol. The third-order valence-corrected chi connectivity index (χ3v) is 2.78. The molecule has 2 atom stereocenters. The van der Waals surface area contributed by atoms with E-state index in [0.29, 0.717) is 0 Å². The average molecular weight is 279 g/mol. The van der Waals surface area contributed by atoms with Crippen LogP contribution >= 0.6 is 0 Å². The van der Waals surface area contributed by atoms with Crippen molar-refractivity contribution in [1.29, 1.82) is 0 Å². The molecule has 18 heavy (non-hydrogen) atoms. The second-order valence-corrected chi connectivity index (χ2v) is 5.29. The summed E-state index contributed by atoms with van der Waals surface area (Å²) in [5.41, 5.74) is 4.92. The van der Waals surface area contributed by atoms with Crippen molar-refractivity contribution < 1.29 is 23.7 Å². The highest BCUT2D eigenvalue weighted by Crippen LogP contribution is 1.93. The number of carbonyl (C=O) groups is 3. The van der Waals surface area contributed by atoms with E-state index in [0.717, 1.165) is 4.90 Å². The van der Waals surface area contributed by atoms with Crippen molar-refractivity contribution in [2.24, 2.45) is 5.73 Å². The number of carboxylic acids is 1. The lowest BCUT2D eigenvalue weighted by atomic mass is 10.4. The number of carboxylic acid groups (broad SMARTS) is 1. The largest absolute Gasteiger partial charge is 0.480 e. The molecule has 0 radical (unpaired) electrons. The number of aliphatic carboxylic acids is 1. The molecule has 9 heteroatoms. The van der Waals surface area contributed by atoms with Gasteiger partial charge in [-0.2, -0.15) is 0 Å². The number of rotatable bonds is 7. The van der Waals surface area contributed by atoms with E-state index in [4.69, 9.17) is 10.8 Å². The summed E-state index contributed by atoms with van der Waals surface area (Å²) in [5.74, 6) is -1.82. The van der Waals surface area contributed by atoms with Crippen molar-refractivity contribution in [2.45, 2.75) is 13.0 Å². The van der Waals surface area contributed by atoms with Gasteiger partial charge in [-0.05, 0) is 6.92 Å². The highest BCUT2D eigenvalue weighted by Gasteiger charge is 2.20. The molecular weight excluding hydrogens is 262 g/mol. The Labute approximate surface area is 107 Å². The average Bonchev–Trinajstić information content (AvgIpc) is 2.13. The molecule has 0 heterocycles. The summed E-state index contributed by atoms with van der Waals surface area (Å²) < 4.78 is 10.9. The summed E-state index contributed by atoms with van der Waals surface area (Å²) in [6, 6.07) is -1.12. The summed E-state index contributed by atoms with van der Waals surface area (Å²) in [5, 5.41) is 11.0. The van der Waals surface area contributed by atoms with Gasteiger partial charge in [-0.3, -0.25) is 13.8 Å². The van der Waals surface area contributed by atoms with Gasteiger partial charge in [0.25, 0.3) is 0 Å². The third kappa shape index (κ3) is 7.60. The summed E-state index contributed by atoms with van der Waals surface area (Å²) in [7, 11) is -1.09. The molecule has 0 aliphatic carbocycles. The van der Waals surface area contributed by atoms with E-state index in [1.54, 1.807) is 6.92 Å². The number of nitrogens with two attached hydrogens (primary N) is 1. The molecule has 0 fully saturated rings. The Morgan fingerprint density at radius 3 is 2.33 bits per heavy atom. The van der Waals surface area contributed by atoms with Crippen LogP contribution in [0.4, 0.5) is 4.79 Å². The Morgan fingerprint density at radius 2 is 1.94 bits per heavy atom. The van der Waals surface area contributed by atoms with E-state index in [1.807, 2.05) is 0 Å². The zero-order valence-electron chi connectivity index (χ0n) is 10.2. The lowest BCUT2D eigenvalue weighted by molar-refractivity contribution is -0.137. The van der Waals surface area contributed by atoms with Gasteiger partial charge in [-0.1, -0.05) is 0 Å². The number of nitrogens with one attached hydrogen (secondary N) is 1. The molecule has 0 rings (SSSR count). The maximum Gasteiger partial charge on any atom is 0.323 e. The molecule has 3 amide bonds. The molecule has 0 bridgehead atoms. The second-order valence-electron chi connectivity index (χ2n) is 3.81. The Kier molecular flexibility index (Phi) is 6.94. The van der Waals surface area contributed by atoms with Crippen molar-refractivity contribution in [3.63, 3.8) is 0 Å². The first-order chi connectivity index (χ1) is 8.22. The van der Waals surface area contributed by atoms with Gasteiger partial charge in [0.05, 0.1) is 0 Å². The van der Waals surface area contributed by atoms with Crippen LogP contribution in [0.2, 0.25) is 0 Å². The minimum atomic E-state index is -1.25. The molecule has 0 saturated heterocycles. The second kappa shape index (κ2) is 7.64. The zero-order valence-corrected chi connectivity index (χ0v) is 11.0. The van der Waals surface area contributed by atoms with Crippen LogP contribution in [-0.2, 0) is 20.4 Å². The van der Waals surface area contributed by atoms with E-state index >= 15 is 0 Å². The zero-order chi connectivity index (χ0) is 14.3. The van der Waals surface area contributed by atoms with Crippen LogP contribution in [0.3, 0.4) is 0 Å². The molecule has 2 unspecified atom stereocenters. The molecule has 0 aliphatic rings. The normalized spacial score (nSPS) is 13.4. The number of nitrogens with zero attached hydrogens (tertiary/aromatic N) is 1. The lowest BCUT2D eigenvalue weighted by Gasteiger charge is -2.22. The number of urea groups is 1. The standard InChI is InChI=1S/C9H17N3O5S/c1-6(5-18(2)17)11-9(16)12(3-7(10)13)4-8(14)15/h6H,3-5H2,1-2H3,(H2,10,13)(H,11,16)(H,14,15). The Balaban J connectivity index is 4.49. The SMILES string of the molecule is CC(CS(C)=O)NC(=O)N(CC(N)=O)CC(=O)O. The third-order valence-electron chi connectivity index (χ3n) is 1.81. The topological polar surface area (TPSA) is 130 Å². The number of hydrogen-bond acceptors (Lipinski definition) is 4. The highest BCUT2D eigenvalue weighted by molar-refractivity contribution is 7.84. The van der Waals surface area contributed by atoms with Gasteiger partial charge in [-0.15, -0.1) is 0 Å². The van der Waals surface area contributed by atoms with Crippen LogP contribution in [0.5, 0.6) is 0 Å². The highest BCUT2D eigenvalue weighted by atomic mass is 32.2. The van der Waals surface area contributed by atoms with Crippen molar-refractivity contribution in [3.8, 4) is 0 Å². The molecule has 0 aromatic heterocycles. The predicted octanol–water partition coefficient (Wildman–Crippen LogP) is -1.67. The summed E-state index contributed by atoms with van der Waals surface area (Å²) in [6.45, 7) is 0.513. The van der Waals surface area contributed by atoms with E-state index in [1.165, 1.54) is 6.26 Å². The number of hydrogen-bond donors (Lipinski definition) is 3. The maximum atomic E-state index is 11.7.